The van der Waals surface area contributed by atoms with Gasteiger partial charge in [-0.3, -0.25) is 9.59 Å². The first-order valence-corrected chi connectivity index (χ1v) is 5.95. The zero-order valence-corrected chi connectivity index (χ0v) is 10.5. The van der Waals surface area contributed by atoms with Crippen LogP contribution < -0.4 is 0 Å². The minimum absolute atomic E-state index is 0.0389. The van der Waals surface area contributed by atoms with Crippen molar-refractivity contribution in [2.45, 2.75) is 13.3 Å². The molecule has 0 saturated heterocycles. The van der Waals surface area contributed by atoms with E-state index in [1.165, 1.54) is 18.2 Å². The maximum Gasteiger partial charge on any atom is 0.173 e. The van der Waals surface area contributed by atoms with Crippen LogP contribution >= 0.6 is 0 Å². The fraction of sp³-hybridized carbons (Fsp3) is 0.125. The Balaban J connectivity index is 2.13. The smallest absolute Gasteiger partial charge is 0.173 e. The summed E-state index contributed by atoms with van der Waals surface area (Å²) in [6, 6.07) is 12.6. The normalized spacial score (nSPS) is 10.2. The van der Waals surface area contributed by atoms with E-state index in [2.05, 4.69) is 0 Å². The second kappa shape index (κ2) is 5.57. The number of aryl methyl sites for hydroxylation is 1. The van der Waals surface area contributed by atoms with E-state index in [1.54, 1.807) is 30.3 Å². The van der Waals surface area contributed by atoms with Gasteiger partial charge >= 0.3 is 0 Å². The van der Waals surface area contributed by atoms with Crippen molar-refractivity contribution in [1.82, 2.24) is 0 Å². The average Bonchev–Trinajstić information content (AvgIpc) is 2.39. The summed E-state index contributed by atoms with van der Waals surface area (Å²) < 4.78 is 13.4. The lowest BCUT2D eigenvalue weighted by atomic mass is 10.0. The molecule has 0 fully saturated rings. The van der Waals surface area contributed by atoms with E-state index in [0.29, 0.717) is 5.56 Å². The van der Waals surface area contributed by atoms with Crippen LogP contribution in [0.3, 0.4) is 0 Å². The quantitative estimate of drug-likeness (QED) is 0.618. The number of rotatable bonds is 4. The van der Waals surface area contributed by atoms with Gasteiger partial charge in [-0.1, -0.05) is 42.0 Å². The summed E-state index contributed by atoms with van der Waals surface area (Å²) in [5.41, 5.74) is 1.47. The topological polar surface area (TPSA) is 34.1 Å². The highest BCUT2D eigenvalue weighted by Crippen LogP contribution is 2.12. The summed E-state index contributed by atoms with van der Waals surface area (Å²) >= 11 is 0. The summed E-state index contributed by atoms with van der Waals surface area (Å²) in [4.78, 5) is 23.8. The number of benzene rings is 2. The molecule has 2 nitrogen and oxygen atoms in total. The van der Waals surface area contributed by atoms with Gasteiger partial charge in [0.2, 0.25) is 0 Å². The van der Waals surface area contributed by atoms with E-state index >= 15 is 0 Å². The first-order chi connectivity index (χ1) is 9.08. The summed E-state index contributed by atoms with van der Waals surface area (Å²) in [5, 5.41) is 0. The predicted molar refractivity (Wildman–Crippen MR) is 70.9 cm³/mol. The van der Waals surface area contributed by atoms with Crippen LogP contribution in [0.15, 0.2) is 48.5 Å². The SMILES string of the molecule is Cc1ccc(C(=O)CC(=O)c2ccccc2F)cc1. The number of ketones is 2. The summed E-state index contributed by atoms with van der Waals surface area (Å²) in [6.45, 7) is 1.92. The molecule has 3 heteroatoms. The first-order valence-electron chi connectivity index (χ1n) is 5.95. The number of carbonyl (C=O) groups excluding carboxylic acids is 2. The molecule has 2 rings (SSSR count). The van der Waals surface area contributed by atoms with Crippen LogP contribution in [0, 0.1) is 12.7 Å². The van der Waals surface area contributed by atoms with Crippen molar-refractivity contribution in [2.75, 3.05) is 0 Å². The fourth-order valence-electron chi connectivity index (χ4n) is 1.77. The lowest BCUT2D eigenvalue weighted by Crippen LogP contribution is -2.10. The van der Waals surface area contributed by atoms with Gasteiger partial charge in [-0.2, -0.15) is 0 Å². The van der Waals surface area contributed by atoms with Crippen molar-refractivity contribution in [3.05, 3.63) is 71.0 Å². The van der Waals surface area contributed by atoms with Crippen molar-refractivity contribution in [2.24, 2.45) is 0 Å². The molecular formula is C16H13FO2. The molecule has 0 aliphatic heterocycles. The van der Waals surface area contributed by atoms with Gasteiger partial charge in [-0.05, 0) is 19.1 Å². The number of halogens is 1. The Morgan fingerprint density at radius 2 is 1.58 bits per heavy atom. The Morgan fingerprint density at radius 1 is 0.947 bits per heavy atom. The summed E-state index contributed by atoms with van der Waals surface area (Å²) in [6.07, 6.45) is -0.315. The molecule has 0 aliphatic carbocycles. The maximum absolute atomic E-state index is 13.4. The van der Waals surface area contributed by atoms with Crippen LogP contribution in [0.5, 0.6) is 0 Å². The molecule has 19 heavy (non-hydrogen) atoms. The second-order valence-corrected chi connectivity index (χ2v) is 4.37. The van der Waals surface area contributed by atoms with Crippen LogP contribution in [-0.2, 0) is 0 Å². The third-order valence-electron chi connectivity index (χ3n) is 2.87. The van der Waals surface area contributed by atoms with Crippen LogP contribution in [0.2, 0.25) is 0 Å². The van der Waals surface area contributed by atoms with E-state index in [0.717, 1.165) is 5.56 Å². The van der Waals surface area contributed by atoms with Crippen molar-refractivity contribution >= 4 is 11.6 Å². The molecule has 0 spiro atoms. The molecule has 96 valence electrons. The zero-order chi connectivity index (χ0) is 13.8. The van der Waals surface area contributed by atoms with Crippen LogP contribution in [0.4, 0.5) is 4.39 Å². The van der Waals surface area contributed by atoms with Crippen LogP contribution in [0.25, 0.3) is 0 Å². The minimum atomic E-state index is -0.593. The molecule has 0 bridgehead atoms. The average molecular weight is 256 g/mol. The maximum atomic E-state index is 13.4. The highest BCUT2D eigenvalue weighted by molar-refractivity contribution is 6.13. The van der Waals surface area contributed by atoms with Gasteiger partial charge in [-0.25, -0.2) is 4.39 Å². The molecule has 0 aliphatic rings. The molecule has 0 saturated carbocycles. The van der Waals surface area contributed by atoms with E-state index in [1.807, 2.05) is 6.92 Å². The third-order valence-corrected chi connectivity index (χ3v) is 2.87. The third kappa shape index (κ3) is 3.13. The minimum Gasteiger partial charge on any atom is -0.294 e. The number of hydrogen-bond acceptors (Lipinski definition) is 2. The summed E-state index contributed by atoms with van der Waals surface area (Å²) in [7, 11) is 0. The van der Waals surface area contributed by atoms with Crippen LogP contribution in [-0.4, -0.2) is 11.6 Å². The van der Waals surface area contributed by atoms with Crippen LogP contribution in [0.1, 0.15) is 32.7 Å². The van der Waals surface area contributed by atoms with Crippen molar-refractivity contribution in [3.63, 3.8) is 0 Å². The molecular weight excluding hydrogens is 243 g/mol. The van der Waals surface area contributed by atoms with Gasteiger partial charge in [0.1, 0.15) is 5.82 Å². The van der Waals surface area contributed by atoms with Gasteiger partial charge in [0.25, 0.3) is 0 Å². The highest BCUT2D eigenvalue weighted by atomic mass is 19.1. The lowest BCUT2D eigenvalue weighted by Gasteiger charge is -2.03. The Bertz CT molecular complexity index is 615. The van der Waals surface area contributed by atoms with Gasteiger partial charge < -0.3 is 0 Å². The first kappa shape index (κ1) is 13.1. The standard InChI is InChI=1S/C16H13FO2/c1-11-6-8-12(9-7-11)15(18)10-16(19)13-4-2-3-5-14(13)17/h2-9H,10H2,1H3. The molecule has 0 radical (unpaired) electrons. The van der Waals surface area contributed by atoms with E-state index in [9.17, 15) is 14.0 Å². The zero-order valence-electron chi connectivity index (χ0n) is 10.5. The Morgan fingerprint density at radius 3 is 2.21 bits per heavy atom. The van der Waals surface area contributed by atoms with E-state index in [4.69, 9.17) is 0 Å². The summed E-state index contributed by atoms with van der Waals surface area (Å²) in [5.74, 6) is -1.39. The monoisotopic (exact) mass is 256 g/mol. The van der Waals surface area contributed by atoms with Crippen molar-refractivity contribution < 1.29 is 14.0 Å². The number of carbonyl (C=O) groups is 2. The van der Waals surface area contributed by atoms with Gasteiger partial charge in [-0.15, -0.1) is 0 Å². The van der Waals surface area contributed by atoms with Gasteiger partial charge in [0.05, 0.1) is 12.0 Å². The van der Waals surface area contributed by atoms with Gasteiger partial charge in [0, 0.05) is 5.56 Å². The molecule has 0 heterocycles. The fourth-order valence-corrected chi connectivity index (χ4v) is 1.77. The Kier molecular flexibility index (Phi) is 3.85. The van der Waals surface area contributed by atoms with Crippen molar-refractivity contribution in [1.29, 1.82) is 0 Å². The van der Waals surface area contributed by atoms with Crippen molar-refractivity contribution in [3.8, 4) is 0 Å². The molecule has 0 amide bonds. The molecule has 2 aromatic rings. The van der Waals surface area contributed by atoms with E-state index < -0.39 is 11.6 Å². The van der Waals surface area contributed by atoms with Gasteiger partial charge in [0.15, 0.2) is 11.6 Å². The second-order valence-electron chi connectivity index (χ2n) is 4.37. The Labute approximate surface area is 110 Å². The predicted octanol–water partition coefficient (Wildman–Crippen LogP) is 3.59. The molecule has 0 aromatic heterocycles. The largest absolute Gasteiger partial charge is 0.294 e. The Hall–Kier alpha value is -2.29. The molecule has 0 N–H and O–H groups in total. The number of Topliss-reactive ketones (excluding diaryl/α,β-unsaturated/α-hetero) is 2. The lowest BCUT2D eigenvalue weighted by molar-refractivity contribution is 0.0892. The molecule has 2 aromatic carbocycles. The number of hydrogen-bond donors (Lipinski definition) is 0. The highest BCUT2D eigenvalue weighted by Gasteiger charge is 2.16. The molecule has 0 atom stereocenters. The van der Waals surface area contributed by atoms with E-state index in [-0.39, 0.29) is 17.8 Å². The molecule has 0 unspecified atom stereocenters.